The molecule has 0 radical (unpaired) electrons. The van der Waals surface area contributed by atoms with Crippen LogP contribution in [0.15, 0.2) is 38.1 Å². The Morgan fingerprint density at radius 1 is 1.30 bits per heavy atom. The summed E-state index contributed by atoms with van der Waals surface area (Å²) in [6.45, 7) is 0. The highest BCUT2D eigenvalue weighted by Crippen LogP contribution is 2.38. The lowest BCUT2D eigenvalue weighted by molar-refractivity contribution is 0.0697. The fourth-order valence-corrected chi connectivity index (χ4v) is 3.08. The minimum absolute atomic E-state index is 0.00629. The molecule has 2 heterocycles. The lowest BCUT2D eigenvalue weighted by Gasteiger charge is -2.18. The molecule has 0 spiro atoms. The van der Waals surface area contributed by atoms with Crippen LogP contribution in [0.4, 0.5) is 0 Å². The maximum Gasteiger partial charge on any atom is 0.348 e. The van der Waals surface area contributed by atoms with Crippen LogP contribution in [0, 0.1) is 0 Å². The van der Waals surface area contributed by atoms with E-state index >= 15 is 0 Å². The van der Waals surface area contributed by atoms with E-state index in [0.29, 0.717) is 17.8 Å². The van der Waals surface area contributed by atoms with Crippen LogP contribution in [0.25, 0.3) is 22.3 Å². The number of carbonyl (C=O) groups is 1. The molecule has 1 aliphatic carbocycles. The van der Waals surface area contributed by atoms with Crippen molar-refractivity contribution >= 4 is 16.9 Å². The van der Waals surface area contributed by atoms with Crippen molar-refractivity contribution in [3.8, 4) is 17.1 Å². The van der Waals surface area contributed by atoms with Gasteiger partial charge in [0.2, 0.25) is 0 Å². The SMILES string of the molecule is COc1ccc2c(c1)CCc1c-2oc(=O)c2c(C(=O)O)coc12. The number of fused-ring (bicyclic) bond motifs is 5. The van der Waals surface area contributed by atoms with Gasteiger partial charge >= 0.3 is 11.6 Å². The molecule has 6 heteroatoms. The highest BCUT2D eigenvalue weighted by atomic mass is 16.5. The molecular formula is C17H12O6. The van der Waals surface area contributed by atoms with Crippen LogP contribution in [0.5, 0.6) is 5.75 Å². The average molecular weight is 312 g/mol. The molecule has 0 unspecified atom stereocenters. The van der Waals surface area contributed by atoms with Crippen molar-refractivity contribution in [1.29, 1.82) is 0 Å². The zero-order chi connectivity index (χ0) is 16.1. The van der Waals surface area contributed by atoms with Crippen LogP contribution < -0.4 is 10.4 Å². The Morgan fingerprint density at radius 2 is 2.13 bits per heavy atom. The van der Waals surface area contributed by atoms with Crippen molar-refractivity contribution in [1.82, 2.24) is 0 Å². The van der Waals surface area contributed by atoms with Gasteiger partial charge in [-0.1, -0.05) is 0 Å². The normalized spacial score (nSPS) is 12.7. The number of hydrogen-bond acceptors (Lipinski definition) is 5. The maximum atomic E-state index is 12.3. The molecule has 0 atom stereocenters. The van der Waals surface area contributed by atoms with Crippen LogP contribution >= 0.6 is 0 Å². The molecule has 1 N–H and O–H groups in total. The summed E-state index contributed by atoms with van der Waals surface area (Å²) >= 11 is 0. The molecule has 0 fully saturated rings. The Kier molecular flexibility index (Phi) is 2.81. The van der Waals surface area contributed by atoms with Crippen molar-refractivity contribution in [2.45, 2.75) is 12.8 Å². The molecule has 0 saturated heterocycles. The summed E-state index contributed by atoms with van der Waals surface area (Å²) in [7, 11) is 1.60. The minimum atomic E-state index is -1.21. The number of benzene rings is 1. The number of furan rings is 1. The van der Waals surface area contributed by atoms with Crippen LogP contribution in [-0.2, 0) is 12.8 Å². The van der Waals surface area contributed by atoms with Gasteiger partial charge in [-0.3, -0.25) is 0 Å². The van der Waals surface area contributed by atoms with Gasteiger partial charge in [0.05, 0.1) is 7.11 Å². The standard InChI is InChI=1S/C17H12O6/c1-21-9-3-5-10-8(6-9)2-4-11-14(10)23-17(20)13-12(16(18)19)7-22-15(11)13/h3,5-7H,2,4H2,1H3,(H,18,19). The summed E-state index contributed by atoms with van der Waals surface area (Å²) in [5, 5.41) is 9.15. The van der Waals surface area contributed by atoms with Crippen molar-refractivity contribution in [3.05, 3.63) is 51.6 Å². The average Bonchev–Trinajstić information content (AvgIpc) is 3.00. The van der Waals surface area contributed by atoms with E-state index in [0.717, 1.165) is 35.1 Å². The molecule has 0 amide bonds. The van der Waals surface area contributed by atoms with Crippen LogP contribution in [0.1, 0.15) is 21.5 Å². The molecule has 0 bridgehead atoms. The summed E-state index contributed by atoms with van der Waals surface area (Å²) in [6, 6.07) is 5.54. The van der Waals surface area contributed by atoms with Gasteiger partial charge in [-0.05, 0) is 36.6 Å². The maximum absolute atomic E-state index is 12.3. The Morgan fingerprint density at radius 3 is 2.87 bits per heavy atom. The van der Waals surface area contributed by atoms with Crippen LogP contribution in [0.3, 0.4) is 0 Å². The zero-order valence-electron chi connectivity index (χ0n) is 12.2. The van der Waals surface area contributed by atoms with E-state index in [1.807, 2.05) is 12.1 Å². The van der Waals surface area contributed by atoms with E-state index in [4.69, 9.17) is 18.7 Å². The molecular weight excluding hydrogens is 300 g/mol. The second kappa shape index (κ2) is 4.74. The molecule has 2 aromatic heterocycles. The van der Waals surface area contributed by atoms with Gasteiger partial charge < -0.3 is 18.7 Å². The van der Waals surface area contributed by atoms with Gasteiger partial charge in [0.1, 0.15) is 34.3 Å². The third kappa shape index (κ3) is 1.88. The number of carboxylic acids is 1. The highest BCUT2D eigenvalue weighted by molar-refractivity contribution is 6.03. The van der Waals surface area contributed by atoms with E-state index in [2.05, 4.69) is 0 Å². The van der Waals surface area contributed by atoms with Gasteiger partial charge in [0.25, 0.3) is 0 Å². The molecule has 0 saturated carbocycles. The van der Waals surface area contributed by atoms with E-state index < -0.39 is 11.6 Å². The smallest absolute Gasteiger partial charge is 0.348 e. The predicted octanol–water partition coefficient (Wildman–Crippen LogP) is 2.86. The Labute approximate surface area is 129 Å². The van der Waals surface area contributed by atoms with E-state index in [1.54, 1.807) is 13.2 Å². The monoisotopic (exact) mass is 312 g/mol. The van der Waals surface area contributed by atoms with Gasteiger partial charge in [0.15, 0.2) is 0 Å². The topological polar surface area (TPSA) is 89.9 Å². The number of methoxy groups -OCH3 is 1. The third-order valence-electron chi connectivity index (χ3n) is 4.17. The van der Waals surface area contributed by atoms with Crippen LogP contribution in [0.2, 0.25) is 0 Å². The number of ether oxygens (including phenoxy) is 1. The fourth-order valence-electron chi connectivity index (χ4n) is 3.08. The molecule has 6 nitrogen and oxygen atoms in total. The highest BCUT2D eigenvalue weighted by Gasteiger charge is 2.27. The zero-order valence-corrected chi connectivity index (χ0v) is 12.2. The van der Waals surface area contributed by atoms with Crippen molar-refractivity contribution in [2.24, 2.45) is 0 Å². The lowest BCUT2D eigenvalue weighted by atomic mass is 9.89. The summed E-state index contributed by atoms with van der Waals surface area (Å²) < 4.78 is 16.0. The van der Waals surface area contributed by atoms with E-state index in [9.17, 15) is 9.59 Å². The Bertz CT molecular complexity index is 1010. The quantitative estimate of drug-likeness (QED) is 0.782. The first-order valence-corrected chi connectivity index (χ1v) is 7.08. The fraction of sp³-hybridized carbons (Fsp3) is 0.176. The van der Waals surface area contributed by atoms with E-state index in [1.165, 1.54) is 0 Å². The lowest BCUT2D eigenvalue weighted by Crippen LogP contribution is -2.11. The second-order valence-electron chi connectivity index (χ2n) is 5.38. The third-order valence-corrected chi connectivity index (χ3v) is 4.17. The van der Waals surface area contributed by atoms with Gasteiger partial charge in [0, 0.05) is 11.1 Å². The molecule has 23 heavy (non-hydrogen) atoms. The molecule has 1 aliphatic rings. The summed E-state index contributed by atoms with van der Waals surface area (Å²) in [4.78, 5) is 23.5. The number of rotatable bonds is 2. The van der Waals surface area contributed by atoms with Crippen molar-refractivity contribution in [2.75, 3.05) is 7.11 Å². The minimum Gasteiger partial charge on any atom is -0.497 e. The van der Waals surface area contributed by atoms with Gasteiger partial charge in [-0.2, -0.15) is 0 Å². The Balaban J connectivity index is 2.03. The first kappa shape index (κ1) is 13.6. The number of aromatic carboxylic acids is 1. The second-order valence-corrected chi connectivity index (χ2v) is 5.38. The molecule has 4 rings (SSSR count). The van der Waals surface area contributed by atoms with Crippen molar-refractivity contribution in [3.63, 3.8) is 0 Å². The molecule has 1 aromatic carbocycles. The van der Waals surface area contributed by atoms with Crippen molar-refractivity contribution < 1.29 is 23.5 Å². The Hall–Kier alpha value is -3.02. The van der Waals surface area contributed by atoms with Gasteiger partial charge in [-0.15, -0.1) is 0 Å². The molecule has 3 aromatic rings. The first-order chi connectivity index (χ1) is 11.1. The number of carboxylic acid groups (broad SMARTS) is 1. The number of hydrogen-bond donors (Lipinski definition) is 1. The first-order valence-electron chi connectivity index (χ1n) is 7.08. The molecule has 0 aliphatic heterocycles. The van der Waals surface area contributed by atoms with Gasteiger partial charge in [-0.25, -0.2) is 9.59 Å². The summed E-state index contributed by atoms with van der Waals surface area (Å²) in [5.74, 6) is -0.0311. The molecule has 116 valence electrons. The predicted molar refractivity (Wildman–Crippen MR) is 81.1 cm³/mol. The largest absolute Gasteiger partial charge is 0.497 e. The van der Waals surface area contributed by atoms with Crippen LogP contribution in [-0.4, -0.2) is 18.2 Å². The summed E-state index contributed by atoms with van der Waals surface area (Å²) in [6.07, 6.45) is 2.42. The van der Waals surface area contributed by atoms with E-state index in [-0.39, 0.29) is 10.9 Å². The number of aryl methyl sites for hydroxylation is 2. The summed E-state index contributed by atoms with van der Waals surface area (Å²) in [5.41, 5.74) is 1.98.